The van der Waals surface area contributed by atoms with E-state index in [1.54, 1.807) is 28.0 Å². The second kappa shape index (κ2) is 4.88. The Balaban J connectivity index is 2.06. The zero-order valence-electron chi connectivity index (χ0n) is 11.4. The molecule has 0 aliphatic carbocycles. The fourth-order valence-electron chi connectivity index (χ4n) is 2.12. The third-order valence-electron chi connectivity index (χ3n) is 3.13. The molecule has 0 aliphatic heterocycles. The van der Waals surface area contributed by atoms with Crippen molar-refractivity contribution in [3.8, 4) is 0 Å². The fourth-order valence-corrected chi connectivity index (χ4v) is 2.12. The van der Waals surface area contributed by atoms with Crippen molar-refractivity contribution in [3.63, 3.8) is 0 Å². The summed E-state index contributed by atoms with van der Waals surface area (Å²) in [6.45, 7) is 4.43. The van der Waals surface area contributed by atoms with Gasteiger partial charge in [-0.1, -0.05) is 6.07 Å². The van der Waals surface area contributed by atoms with Gasteiger partial charge in [-0.15, -0.1) is 0 Å². The lowest BCUT2D eigenvalue weighted by molar-refractivity contribution is 0.545. The van der Waals surface area contributed by atoms with Gasteiger partial charge in [0, 0.05) is 12.2 Å². The van der Waals surface area contributed by atoms with Gasteiger partial charge in [-0.25, -0.2) is 9.67 Å². The van der Waals surface area contributed by atoms with Crippen LogP contribution in [0.5, 0.6) is 0 Å². The Bertz CT molecular complexity index is 788. The molecule has 6 nitrogen and oxygen atoms in total. The van der Waals surface area contributed by atoms with Crippen LogP contribution in [-0.2, 0) is 6.54 Å². The molecule has 0 saturated carbocycles. The Labute approximate surface area is 115 Å². The van der Waals surface area contributed by atoms with E-state index >= 15 is 0 Å². The van der Waals surface area contributed by atoms with Gasteiger partial charge in [-0.2, -0.15) is 5.10 Å². The number of fused-ring (bicyclic) bond motifs is 1. The van der Waals surface area contributed by atoms with Crippen molar-refractivity contribution in [3.05, 3.63) is 53.0 Å². The average Bonchev–Trinajstić information content (AvgIpc) is 2.88. The van der Waals surface area contributed by atoms with Crippen LogP contribution in [0.25, 0.3) is 11.0 Å². The Morgan fingerprint density at radius 3 is 2.80 bits per heavy atom. The third kappa shape index (κ3) is 2.09. The molecule has 3 heterocycles. The smallest absolute Gasteiger partial charge is 0.264 e. The molecule has 0 saturated heterocycles. The predicted molar refractivity (Wildman–Crippen MR) is 75.5 cm³/mol. The zero-order valence-corrected chi connectivity index (χ0v) is 11.4. The summed E-state index contributed by atoms with van der Waals surface area (Å²) in [5.74, 6) is 0. The normalized spacial score (nSPS) is 11.3. The van der Waals surface area contributed by atoms with Gasteiger partial charge in [0.2, 0.25) is 0 Å². The third-order valence-corrected chi connectivity index (χ3v) is 3.13. The quantitative estimate of drug-likeness (QED) is 0.724. The molecular weight excluding hydrogens is 254 g/mol. The van der Waals surface area contributed by atoms with Crippen LogP contribution in [0.15, 0.2) is 41.7 Å². The van der Waals surface area contributed by atoms with E-state index in [1.807, 2.05) is 32.0 Å². The van der Waals surface area contributed by atoms with E-state index in [9.17, 15) is 4.79 Å². The number of pyridine rings is 1. The van der Waals surface area contributed by atoms with Gasteiger partial charge in [0.05, 0.1) is 18.4 Å². The van der Waals surface area contributed by atoms with E-state index in [2.05, 4.69) is 15.1 Å². The summed E-state index contributed by atoms with van der Waals surface area (Å²) in [7, 11) is 0. The summed E-state index contributed by atoms with van der Waals surface area (Å²) >= 11 is 0. The second-order valence-electron chi connectivity index (χ2n) is 4.92. The molecule has 3 aromatic rings. The summed E-state index contributed by atoms with van der Waals surface area (Å²) in [4.78, 5) is 21.0. The average molecular weight is 269 g/mol. The standard InChI is InChI=1S/C14H15N5O/c1-10(2)19-13-12(7-17-19)14(20)18(9-16-13)8-11-5-3-4-6-15-11/h3-7,9-10H,8H2,1-2H3. The molecule has 0 fully saturated rings. The van der Waals surface area contributed by atoms with Crippen LogP contribution in [0.4, 0.5) is 0 Å². The monoisotopic (exact) mass is 269 g/mol. The first-order valence-electron chi connectivity index (χ1n) is 6.49. The first kappa shape index (κ1) is 12.5. The van der Waals surface area contributed by atoms with Gasteiger partial charge in [0.15, 0.2) is 5.65 Å². The molecule has 6 heteroatoms. The second-order valence-corrected chi connectivity index (χ2v) is 4.92. The first-order valence-corrected chi connectivity index (χ1v) is 6.49. The first-order chi connectivity index (χ1) is 9.66. The van der Waals surface area contributed by atoms with Crippen LogP contribution in [0.1, 0.15) is 25.6 Å². The highest BCUT2D eigenvalue weighted by atomic mass is 16.1. The lowest BCUT2D eigenvalue weighted by Gasteiger charge is -2.07. The minimum absolute atomic E-state index is 0.0902. The molecule has 0 spiro atoms. The van der Waals surface area contributed by atoms with Crippen LogP contribution >= 0.6 is 0 Å². The molecular formula is C14H15N5O. The molecule has 0 N–H and O–H groups in total. The lowest BCUT2D eigenvalue weighted by atomic mass is 10.3. The zero-order chi connectivity index (χ0) is 14.1. The van der Waals surface area contributed by atoms with Gasteiger partial charge < -0.3 is 0 Å². The molecule has 0 aliphatic rings. The molecule has 102 valence electrons. The highest BCUT2D eigenvalue weighted by Crippen LogP contribution is 2.11. The van der Waals surface area contributed by atoms with Gasteiger partial charge in [0.1, 0.15) is 11.7 Å². The number of rotatable bonds is 3. The molecule has 0 unspecified atom stereocenters. The summed E-state index contributed by atoms with van der Waals surface area (Å²) in [6.07, 6.45) is 4.85. The summed E-state index contributed by atoms with van der Waals surface area (Å²) in [5.41, 5.74) is 1.36. The summed E-state index contributed by atoms with van der Waals surface area (Å²) in [6, 6.07) is 5.80. The van der Waals surface area contributed by atoms with Crippen molar-refractivity contribution in [2.75, 3.05) is 0 Å². The van der Waals surface area contributed by atoms with Crippen LogP contribution < -0.4 is 5.56 Å². The van der Waals surface area contributed by atoms with E-state index in [0.717, 1.165) is 5.69 Å². The van der Waals surface area contributed by atoms with Crippen LogP contribution in [0.3, 0.4) is 0 Å². The molecule has 0 radical (unpaired) electrons. The minimum Gasteiger partial charge on any atom is -0.292 e. The van der Waals surface area contributed by atoms with Crippen molar-refractivity contribution < 1.29 is 0 Å². The van der Waals surface area contributed by atoms with Crippen LogP contribution in [0.2, 0.25) is 0 Å². The molecule has 3 rings (SSSR count). The minimum atomic E-state index is -0.0902. The molecule has 0 bridgehead atoms. The summed E-state index contributed by atoms with van der Waals surface area (Å²) < 4.78 is 3.30. The maximum atomic E-state index is 12.4. The molecule has 0 aromatic carbocycles. The highest BCUT2D eigenvalue weighted by molar-refractivity contribution is 5.73. The number of hydrogen-bond acceptors (Lipinski definition) is 4. The molecule has 20 heavy (non-hydrogen) atoms. The number of nitrogens with zero attached hydrogens (tertiary/aromatic N) is 5. The van der Waals surface area contributed by atoms with E-state index in [-0.39, 0.29) is 11.6 Å². The SMILES string of the molecule is CC(C)n1ncc2c(=O)n(Cc3ccccn3)cnc21. The van der Waals surface area contributed by atoms with Gasteiger partial charge >= 0.3 is 0 Å². The van der Waals surface area contributed by atoms with Crippen molar-refractivity contribution in [1.82, 2.24) is 24.3 Å². The van der Waals surface area contributed by atoms with E-state index in [0.29, 0.717) is 17.6 Å². The Kier molecular flexibility index (Phi) is 3.06. The van der Waals surface area contributed by atoms with Crippen molar-refractivity contribution in [2.24, 2.45) is 0 Å². The van der Waals surface area contributed by atoms with Crippen molar-refractivity contribution in [1.29, 1.82) is 0 Å². The van der Waals surface area contributed by atoms with Crippen molar-refractivity contribution >= 4 is 11.0 Å². The molecule has 0 atom stereocenters. The summed E-state index contributed by atoms with van der Waals surface area (Å²) in [5, 5.41) is 4.77. The van der Waals surface area contributed by atoms with Crippen molar-refractivity contribution in [2.45, 2.75) is 26.4 Å². The van der Waals surface area contributed by atoms with Crippen LogP contribution in [0, 0.1) is 0 Å². The topological polar surface area (TPSA) is 65.6 Å². The van der Waals surface area contributed by atoms with E-state index in [4.69, 9.17) is 0 Å². The fraction of sp³-hybridized carbons (Fsp3) is 0.286. The Morgan fingerprint density at radius 1 is 1.25 bits per heavy atom. The Hall–Kier alpha value is -2.50. The maximum Gasteiger partial charge on any atom is 0.264 e. The van der Waals surface area contributed by atoms with Gasteiger partial charge in [0.25, 0.3) is 5.56 Å². The highest BCUT2D eigenvalue weighted by Gasteiger charge is 2.12. The number of hydrogen-bond donors (Lipinski definition) is 0. The largest absolute Gasteiger partial charge is 0.292 e. The predicted octanol–water partition coefficient (Wildman–Crippen LogP) is 1.62. The molecule has 3 aromatic heterocycles. The van der Waals surface area contributed by atoms with E-state index < -0.39 is 0 Å². The number of aromatic nitrogens is 5. The maximum absolute atomic E-state index is 12.4. The van der Waals surface area contributed by atoms with Gasteiger partial charge in [-0.3, -0.25) is 14.3 Å². The lowest BCUT2D eigenvalue weighted by Crippen LogP contribution is -2.21. The molecule has 0 amide bonds. The van der Waals surface area contributed by atoms with Crippen LogP contribution in [-0.4, -0.2) is 24.3 Å². The van der Waals surface area contributed by atoms with Gasteiger partial charge in [-0.05, 0) is 26.0 Å². The van der Waals surface area contributed by atoms with E-state index in [1.165, 1.54) is 0 Å². The Morgan fingerprint density at radius 2 is 2.10 bits per heavy atom.